The number of amides is 1. The lowest BCUT2D eigenvalue weighted by atomic mass is 10.2. The predicted octanol–water partition coefficient (Wildman–Crippen LogP) is 3.88. The molecule has 0 aliphatic rings. The number of nitrogens with zero attached hydrogens (tertiary/aromatic N) is 3. The van der Waals surface area contributed by atoms with Crippen LogP contribution in [0.5, 0.6) is 5.75 Å². The van der Waals surface area contributed by atoms with Gasteiger partial charge in [0, 0.05) is 23.4 Å². The van der Waals surface area contributed by atoms with E-state index in [4.69, 9.17) is 9.26 Å². The standard InChI is InChI=1S/C22H26N4O5S2/c1-14(2)22(27)23-18-12-17(10-11-19(18)32-5)33(28,29)26(3)13-20-24-21(25-31-20)15-6-8-16(30-4)9-7-15/h6-12,14H,13H2,1-5H3,(H,23,27). The van der Waals surface area contributed by atoms with Crippen molar-refractivity contribution in [2.75, 3.05) is 25.7 Å². The third kappa shape index (κ3) is 5.73. The van der Waals surface area contributed by atoms with Gasteiger partial charge in [0.2, 0.25) is 27.6 Å². The molecular weight excluding hydrogens is 464 g/mol. The van der Waals surface area contributed by atoms with Gasteiger partial charge in [-0.2, -0.15) is 9.29 Å². The normalized spacial score (nSPS) is 11.7. The fourth-order valence-electron chi connectivity index (χ4n) is 2.85. The van der Waals surface area contributed by atoms with Crippen molar-refractivity contribution in [1.29, 1.82) is 0 Å². The van der Waals surface area contributed by atoms with Gasteiger partial charge in [0.25, 0.3) is 0 Å². The van der Waals surface area contributed by atoms with Crippen LogP contribution in [0.15, 0.2) is 56.8 Å². The van der Waals surface area contributed by atoms with Crippen LogP contribution in [0.3, 0.4) is 0 Å². The van der Waals surface area contributed by atoms with Gasteiger partial charge in [0.15, 0.2) is 0 Å². The Morgan fingerprint density at radius 3 is 2.52 bits per heavy atom. The van der Waals surface area contributed by atoms with E-state index in [2.05, 4.69) is 15.5 Å². The molecule has 1 N–H and O–H groups in total. The number of rotatable bonds is 9. The first-order valence-corrected chi connectivity index (χ1v) is 12.7. The fourth-order valence-corrected chi connectivity index (χ4v) is 4.54. The number of anilines is 1. The average molecular weight is 491 g/mol. The molecule has 11 heteroatoms. The third-order valence-electron chi connectivity index (χ3n) is 4.84. The molecule has 1 amide bonds. The Morgan fingerprint density at radius 2 is 1.91 bits per heavy atom. The quantitative estimate of drug-likeness (QED) is 0.450. The van der Waals surface area contributed by atoms with Crippen molar-refractivity contribution in [2.24, 2.45) is 5.92 Å². The predicted molar refractivity (Wildman–Crippen MR) is 127 cm³/mol. The van der Waals surface area contributed by atoms with Gasteiger partial charge in [0.1, 0.15) is 5.75 Å². The molecular formula is C22H26N4O5S2. The second-order valence-electron chi connectivity index (χ2n) is 7.51. The van der Waals surface area contributed by atoms with E-state index in [-0.39, 0.29) is 29.2 Å². The highest BCUT2D eigenvalue weighted by atomic mass is 32.2. The first-order chi connectivity index (χ1) is 15.6. The number of carbonyl (C=O) groups is 1. The summed E-state index contributed by atoms with van der Waals surface area (Å²) in [5.74, 6) is 0.775. The second kappa shape index (κ2) is 10.4. The lowest BCUT2D eigenvalue weighted by molar-refractivity contribution is -0.118. The van der Waals surface area contributed by atoms with Crippen molar-refractivity contribution >= 4 is 33.4 Å². The van der Waals surface area contributed by atoms with Gasteiger partial charge in [-0.15, -0.1) is 11.8 Å². The molecule has 1 aromatic heterocycles. The molecule has 0 fully saturated rings. The van der Waals surface area contributed by atoms with Crippen molar-refractivity contribution in [2.45, 2.75) is 30.2 Å². The minimum Gasteiger partial charge on any atom is -0.497 e. The van der Waals surface area contributed by atoms with Crippen molar-refractivity contribution in [3.05, 3.63) is 48.4 Å². The molecule has 33 heavy (non-hydrogen) atoms. The molecule has 3 aromatic rings. The van der Waals surface area contributed by atoms with E-state index in [0.717, 1.165) is 14.8 Å². The number of ether oxygens (including phenoxy) is 1. The second-order valence-corrected chi connectivity index (χ2v) is 10.4. The van der Waals surface area contributed by atoms with E-state index in [9.17, 15) is 13.2 Å². The molecule has 0 unspecified atom stereocenters. The van der Waals surface area contributed by atoms with Crippen molar-refractivity contribution in [1.82, 2.24) is 14.4 Å². The Hall–Kier alpha value is -2.89. The van der Waals surface area contributed by atoms with Crippen LogP contribution in [0.2, 0.25) is 0 Å². The van der Waals surface area contributed by atoms with Crippen LogP contribution in [-0.4, -0.2) is 49.2 Å². The van der Waals surface area contributed by atoms with Crippen LogP contribution >= 0.6 is 11.8 Å². The highest BCUT2D eigenvalue weighted by Crippen LogP contribution is 2.30. The zero-order chi connectivity index (χ0) is 24.2. The number of aromatic nitrogens is 2. The van der Waals surface area contributed by atoms with E-state index in [0.29, 0.717) is 17.3 Å². The molecule has 0 aliphatic heterocycles. The Morgan fingerprint density at radius 1 is 1.21 bits per heavy atom. The number of hydrogen-bond donors (Lipinski definition) is 1. The van der Waals surface area contributed by atoms with E-state index in [1.807, 2.05) is 6.26 Å². The summed E-state index contributed by atoms with van der Waals surface area (Å²) in [6, 6.07) is 11.8. The molecule has 3 rings (SSSR count). The van der Waals surface area contributed by atoms with Gasteiger partial charge < -0.3 is 14.6 Å². The topological polar surface area (TPSA) is 115 Å². The Bertz CT molecular complexity index is 1220. The summed E-state index contributed by atoms with van der Waals surface area (Å²) < 4.78 is 37.8. The van der Waals surface area contributed by atoms with Gasteiger partial charge in [-0.05, 0) is 48.7 Å². The summed E-state index contributed by atoms with van der Waals surface area (Å²) in [5.41, 5.74) is 1.17. The number of methoxy groups -OCH3 is 1. The van der Waals surface area contributed by atoms with E-state index >= 15 is 0 Å². The maximum atomic E-state index is 13.2. The number of benzene rings is 2. The van der Waals surface area contributed by atoms with Gasteiger partial charge >= 0.3 is 0 Å². The van der Waals surface area contributed by atoms with Crippen LogP contribution in [0.1, 0.15) is 19.7 Å². The summed E-state index contributed by atoms with van der Waals surface area (Å²) in [4.78, 5) is 17.3. The molecule has 0 bridgehead atoms. The van der Waals surface area contributed by atoms with Gasteiger partial charge in [-0.1, -0.05) is 19.0 Å². The first kappa shape index (κ1) is 24.7. The van der Waals surface area contributed by atoms with Gasteiger partial charge in [0.05, 0.1) is 24.2 Å². The van der Waals surface area contributed by atoms with E-state index in [1.165, 1.54) is 30.9 Å². The summed E-state index contributed by atoms with van der Waals surface area (Å²) in [7, 11) is -0.868. The molecule has 0 radical (unpaired) electrons. The van der Waals surface area contributed by atoms with Crippen molar-refractivity contribution in [3.8, 4) is 17.1 Å². The van der Waals surface area contributed by atoms with Gasteiger partial charge in [-0.25, -0.2) is 8.42 Å². The highest BCUT2D eigenvalue weighted by molar-refractivity contribution is 7.98. The molecule has 2 aromatic carbocycles. The fraction of sp³-hybridized carbons (Fsp3) is 0.318. The zero-order valence-corrected chi connectivity index (χ0v) is 20.7. The van der Waals surface area contributed by atoms with E-state index in [1.54, 1.807) is 51.3 Å². The minimum atomic E-state index is -3.88. The molecule has 1 heterocycles. The van der Waals surface area contributed by atoms with Crippen LogP contribution in [0, 0.1) is 5.92 Å². The third-order valence-corrected chi connectivity index (χ3v) is 7.43. The SMILES string of the molecule is COc1ccc(-c2noc(CN(C)S(=O)(=O)c3ccc(SC)c(NC(=O)C(C)C)c3)n2)cc1. The highest BCUT2D eigenvalue weighted by Gasteiger charge is 2.25. The minimum absolute atomic E-state index is 0.0525. The maximum Gasteiger partial charge on any atom is 0.243 e. The monoisotopic (exact) mass is 490 g/mol. The van der Waals surface area contributed by atoms with Gasteiger partial charge in [-0.3, -0.25) is 4.79 Å². The summed E-state index contributed by atoms with van der Waals surface area (Å²) >= 11 is 1.42. The summed E-state index contributed by atoms with van der Waals surface area (Å²) in [6.45, 7) is 3.43. The lowest BCUT2D eigenvalue weighted by Gasteiger charge is -2.17. The molecule has 9 nitrogen and oxygen atoms in total. The number of nitrogens with one attached hydrogen (secondary N) is 1. The molecule has 0 atom stereocenters. The molecule has 176 valence electrons. The molecule has 0 aliphatic carbocycles. The molecule has 0 saturated carbocycles. The lowest BCUT2D eigenvalue weighted by Crippen LogP contribution is -2.27. The van der Waals surface area contributed by atoms with Crippen molar-refractivity contribution < 1.29 is 22.5 Å². The number of thioether (sulfide) groups is 1. The van der Waals surface area contributed by atoms with Crippen LogP contribution < -0.4 is 10.1 Å². The number of sulfonamides is 1. The largest absolute Gasteiger partial charge is 0.497 e. The Kier molecular flexibility index (Phi) is 7.77. The zero-order valence-electron chi connectivity index (χ0n) is 19.0. The average Bonchev–Trinajstić information content (AvgIpc) is 3.27. The molecule has 0 saturated heterocycles. The summed E-state index contributed by atoms with van der Waals surface area (Å²) in [6.07, 6.45) is 1.86. The first-order valence-electron chi connectivity index (χ1n) is 10.1. The van der Waals surface area contributed by atoms with Crippen LogP contribution in [0.4, 0.5) is 5.69 Å². The maximum absolute atomic E-state index is 13.2. The van der Waals surface area contributed by atoms with E-state index < -0.39 is 10.0 Å². The Balaban J connectivity index is 1.80. The van der Waals surface area contributed by atoms with Crippen LogP contribution in [0.25, 0.3) is 11.4 Å². The molecule has 0 spiro atoms. The number of hydrogen-bond acceptors (Lipinski definition) is 8. The van der Waals surface area contributed by atoms with Crippen molar-refractivity contribution in [3.63, 3.8) is 0 Å². The van der Waals surface area contributed by atoms with Crippen LogP contribution in [-0.2, 0) is 21.4 Å². The smallest absolute Gasteiger partial charge is 0.243 e. The summed E-state index contributed by atoms with van der Waals surface area (Å²) in [5, 5.41) is 6.74. The number of carbonyl (C=O) groups excluding carboxylic acids is 1. The Labute approximate surface area is 197 Å².